The van der Waals surface area contributed by atoms with Crippen molar-refractivity contribution in [3.63, 3.8) is 0 Å². The van der Waals surface area contributed by atoms with Crippen LogP contribution < -0.4 is 31.3 Å². The summed E-state index contributed by atoms with van der Waals surface area (Å²) in [4.78, 5) is 75.1. The minimum Gasteiger partial charge on any atom is -0.483 e. The van der Waals surface area contributed by atoms with E-state index in [0.717, 1.165) is 69.5 Å². The minimum atomic E-state index is -1.08. The molecule has 5 amide bonds. The molecular weight excluding hydrogens is 742 g/mol. The van der Waals surface area contributed by atoms with E-state index in [2.05, 4.69) is 41.5 Å². The van der Waals surface area contributed by atoms with Gasteiger partial charge in [0.1, 0.15) is 23.0 Å². The number of amides is 5. The van der Waals surface area contributed by atoms with Crippen LogP contribution in [0.1, 0.15) is 90.3 Å². The summed E-state index contributed by atoms with van der Waals surface area (Å²) in [7, 11) is 1.68. The number of piperidine rings is 2. The summed E-state index contributed by atoms with van der Waals surface area (Å²) in [5, 5.41) is 25.3. The van der Waals surface area contributed by atoms with Crippen LogP contribution in [0.5, 0.6) is 5.75 Å². The fourth-order valence-electron chi connectivity index (χ4n) is 7.23. The summed E-state index contributed by atoms with van der Waals surface area (Å²) >= 11 is 6.43. The number of ether oxygens (including phenoxy) is 1. The standard InChI is InChI=1S/C39H48ClN9O7/c1-41-35(52)25-12-5-6-14-28(25)45-34-27(40)21-43-39(47-34)44-24-11-10-20-48(22-24)19-8-4-2-3-7-18-42-32(51)23-56-30-15-9-13-26-33(30)38(55)49(37(26)54)29-16-17-31(50)46-36(29)53/h5-6,9,12-15,21,24,29,35,41,52H,2-4,7-8,10-11,16-20,22-23H2,1H3,(H,42,51)(H,46,50,53)(H2,43,44,45,47)/t24-,29?,35?/m1/s1. The van der Waals surface area contributed by atoms with Crippen molar-refractivity contribution in [2.24, 2.45) is 0 Å². The summed E-state index contributed by atoms with van der Waals surface area (Å²) in [6, 6.07) is 11.1. The molecule has 2 unspecified atom stereocenters. The van der Waals surface area contributed by atoms with Crippen molar-refractivity contribution < 1.29 is 33.8 Å². The largest absolute Gasteiger partial charge is 0.483 e. The Hall–Kier alpha value is -5.16. The summed E-state index contributed by atoms with van der Waals surface area (Å²) in [6.07, 6.45) is 7.84. The molecule has 3 aromatic rings. The molecule has 16 nitrogen and oxygen atoms in total. The van der Waals surface area contributed by atoms with Crippen LogP contribution in [0.2, 0.25) is 5.02 Å². The number of aliphatic hydroxyl groups excluding tert-OH is 1. The maximum atomic E-state index is 13.2. The number of aliphatic hydroxyl groups is 1. The third-order valence-corrected chi connectivity index (χ3v) is 10.4. The predicted octanol–water partition coefficient (Wildman–Crippen LogP) is 3.51. The molecule has 0 aliphatic carbocycles. The van der Waals surface area contributed by atoms with E-state index in [1.807, 2.05) is 24.3 Å². The van der Waals surface area contributed by atoms with E-state index >= 15 is 0 Å². The van der Waals surface area contributed by atoms with E-state index in [0.29, 0.717) is 34.6 Å². The monoisotopic (exact) mass is 789 g/mol. The SMILES string of the molecule is CNC(O)c1ccccc1Nc1nc(N[C@@H]2CCCN(CCCCCCCNC(=O)COc3cccc4c3C(=O)N(C3CCC(=O)NC3=O)C4=O)C2)ncc1Cl. The number of hydrogen-bond acceptors (Lipinski definition) is 13. The molecule has 17 heteroatoms. The van der Waals surface area contributed by atoms with Crippen molar-refractivity contribution in [1.29, 1.82) is 0 Å². The van der Waals surface area contributed by atoms with Crippen LogP contribution in [0.4, 0.5) is 17.5 Å². The number of aromatic nitrogens is 2. The number of hydrogen-bond donors (Lipinski definition) is 6. The number of para-hydroxylation sites is 1. The highest BCUT2D eigenvalue weighted by Gasteiger charge is 2.46. The zero-order chi connectivity index (χ0) is 39.6. The van der Waals surface area contributed by atoms with Crippen molar-refractivity contribution in [3.8, 4) is 5.75 Å². The number of nitrogens with zero attached hydrogens (tertiary/aromatic N) is 4. The first-order valence-corrected chi connectivity index (χ1v) is 19.5. The Balaban J connectivity index is 0.860. The van der Waals surface area contributed by atoms with Crippen molar-refractivity contribution >= 4 is 58.6 Å². The van der Waals surface area contributed by atoms with E-state index in [1.165, 1.54) is 12.1 Å². The topological polar surface area (TPSA) is 207 Å². The molecule has 3 aliphatic heterocycles. The van der Waals surface area contributed by atoms with E-state index in [1.54, 1.807) is 19.3 Å². The van der Waals surface area contributed by atoms with Gasteiger partial charge in [-0.15, -0.1) is 0 Å². The van der Waals surface area contributed by atoms with Crippen molar-refractivity contribution in [3.05, 3.63) is 70.4 Å². The molecule has 0 saturated carbocycles. The fourth-order valence-corrected chi connectivity index (χ4v) is 7.37. The smallest absolute Gasteiger partial charge is 0.266 e. The van der Waals surface area contributed by atoms with Gasteiger partial charge in [0.15, 0.2) is 12.4 Å². The Kier molecular flexibility index (Phi) is 13.8. The van der Waals surface area contributed by atoms with Gasteiger partial charge in [0.05, 0.1) is 17.3 Å². The third kappa shape index (κ3) is 9.98. The fraction of sp³-hybridized carbons (Fsp3) is 0.462. The van der Waals surface area contributed by atoms with Gasteiger partial charge in [0.25, 0.3) is 17.7 Å². The van der Waals surface area contributed by atoms with Crippen molar-refractivity contribution in [1.82, 2.24) is 35.7 Å². The maximum absolute atomic E-state index is 13.2. The molecule has 4 heterocycles. The van der Waals surface area contributed by atoms with E-state index in [-0.39, 0.29) is 48.3 Å². The third-order valence-electron chi connectivity index (χ3n) is 10.1. The van der Waals surface area contributed by atoms with Crippen LogP contribution in [-0.2, 0) is 14.4 Å². The minimum absolute atomic E-state index is 0.00873. The molecule has 3 atom stereocenters. The van der Waals surface area contributed by atoms with Crippen LogP contribution in [0.25, 0.3) is 0 Å². The van der Waals surface area contributed by atoms with Gasteiger partial charge in [-0.05, 0) is 70.4 Å². The highest BCUT2D eigenvalue weighted by molar-refractivity contribution is 6.33. The summed E-state index contributed by atoms with van der Waals surface area (Å²) < 4.78 is 5.66. The molecule has 298 valence electrons. The molecular formula is C39H48ClN9O7. The van der Waals surface area contributed by atoms with Gasteiger partial charge in [0.2, 0.25) is 17.8 Å². The Labute approximate surface area is 330 Å². The quantitative estimate of drug-likeness (QED) is 0.0621. The first kappa shape index (κ1) is 40.5. The number of likely N-dealkylation sites (tertiary alicyclic amines) is 1. The van der Waals surface area contributed by atoms with Gasteiger partial charge in [0, 0.05) is 36.8 Å². The summed E-state index contributed by atoms with van der Waals surface area (Å²) in [5.74, 6) is -1.78. The molecule has 2 fully saturated rings. The molecule has 2 saturated heterocycles. The number of unbranched alkanes of at least 4 members (excludes halogenated alkanes) is 4. The van der Waals surface area contributed by atoms with Gasteiger partial charge in [-0.2, -0.15) is 4.98 Å². The van der Waals surface area contributed by atoms with Gasteiger partial charge >= 0.3 is 0 Å². The molecule has 0 bridgehead atoms. The second-order valence-corrected chi connectivity index (χ2v) is 14.5. The van der Waals surface area contributed by atoms with E-state index in [9.17, 15) is 29.1 Å². The van der Waals surface area contributed by atoms with Crippen molar-refractivity contribution in [2.45, 2.75) is 76.1 Å². The Morgan fingerprint density at radius 3 is 2.66 bits per heavy atom. The molecule has 2 aromatic carbocycles. The normalized spacial score (nSPS) is 19.0. The molecule has 56 heavy (non-hydrogen) atoms. The average molecular weight is 790 g/mol. The number of rotatable bonds is 18. The van der Waals surface area contributed by atoms with Crippen LogP contribution in [0, 0.1) is 0 Å². The first-order valence-electron chi connectivity index (χ1n) is 19.1. The number of anilines is 3. The predicted molar refractivity (Wildman–Crippen MR) is 209 cm³/mol. The first-order chi connectivity index (χ1) is 27.1. The highest BCUT2D eigenvalue weighted by Crippen LogP contribution is 2.34. The van der Waals surface area contributed by atoms with Crippen LogP contribution in [0.3, 0.4) is 0 Å². The van der Waals surface area contributed by atoms with Crippen LogP contribution in [0.15, 0.2) is 48.7 Å². The zero-order valence-corrected chi connectivity index (χ0v) is 32.1. The highest BCUT2D eigenvalue weighted by atomic mass is 35.5. The van der Waals surface area contributed by atoms with Gasteiger partial charge in [-0.3, -0.25) is 39.5 Å². The molecule has 0 spiro atoms. The molecule has 3 aliphatic rings. The number of nitrogens with one attached hydrogen (secondary N) is 5. The zero-order valence-electron chi connectivity index (χ0n) is 31.3. The van der Waals surface area contributed by atoms with Gasteiger partial charge in [-0.1, -0.05) is 55.1 Å². The number of carbonyl (C=O) groups excluding carboxylic acids is 5. The number of fused-ring (bicyclic) bond motifs is 1. The Morgan fingerprint density at radius 1 is 1.04 bits per heavy atom. The molecule has 1 aromatic heterocycles. The summed E-state index contributed by atoms with van der Waals surface area (Å²) in [6.45, 7) is 3.08. The second-order valence-electron chi connectivity index (χ2n) is 14.1. The Morgan fingerprint density at radius 2 is 1.84 bits per heavy atom. The number of benzene rings is 2. The molecule has 0 radical (unpaired) electrons. The number of imide groups is 2. The lowest BCUT2D eigenvalue weighted by molar-refractivity contribution is -0.136. The van der Waals surface area contributed by atoms with E-state index < -0.39 is 35.9 Å². The van der Waals surface area contributed by atoms with E-state index in [4.69, 9.17) is 16.3 Å². The Bertz CT molecular complexity index is 1930. The van der Waals surface area contributed by atoms with Crippen LogP contribution >= 0.6 is 11.6 Å². The number of halogens is 1. The molecule has 6 rings (SSSR count). The lowest BCUT2D eigenvalue weighted by Crippen LogP contribution is -2.54. The summed E-state index contributed by atoms with van der Waals surface area (Å²) in [5.41, 5.74) is 1.46. The number of carbonyl (C=O) groups is 5. The van der Waals surface area contributed by atoms with Gasteiger partial charge in [-0.25, -0.2) is 4.98 Å². The average Bonchev–Trinajstić information content (AvgIpc) is 3.45. The van der Waals surface area contributed by atoms with Gasteiger partial charge < -0.3 is 30.7 Å². The van der Waals surface area contributed by atoms with Crippen LogP contribution in [-0.4, -0.2) is 106 Å². The maximum Gasteiger partial charge on any atom is 0.266 e. The molecule has 6 N–H and O–H groups in total. The second kappa shape index (κ2) is 19.1. The lowest BCUT2D eigenvalue weighted by atomic mass is 10.0. The van der Waals surface area contributed by atoms with Crippen molar-refractivity contribution in [2.75, 3.05) is 50.5 Å². The lowest BCUT2D eigenvalue weighted by Gasteiger charge is -2.33.